The van der Waals surface area contributed by atoms with Crippen molar-refractivity contribution in [3.05, 3.63) is 82.7 Å². The standard InChI is InChI=1S/C24H31N3O/c1-18-14-22(19(2)27(18)23-10-12-24(28-5)13-11-23)16-25-15-20-6-8-21(9-7-20)17-26(3)4/h6-14,25H,15-17H2,1-5H3. The molecule has 148 valence electrons. The summed E-state index contributed by atoms with van der Waals surface area (Å²) in [5.74, 6) is 0.879. The van der Waals surface area contributed by atoms with Gasteiger partial charge < -0.3 is 19.5 Å². The van der Waals surface area contributed by atoms with E-state index in [0.29, 0.717) is 0 Å². The van der Waals surface area contributed by atoms with Crippen LogP contribution in [0.4, 0.5) is 0 Å². The molecule has 0 unspecified atom stereocenters. The minimum absolute atomic E-state index is 0.856. The largest absolute Gasteiger partial charge is 0.497 e. The molecule has 0 aliphatic heterocycles. The first-order valence-electron chi connectivity index (χ1n) is 9.73. The van der Waals surface area contributed by atoms with E-state index in [4.69, 9.17) is 4.74 Å². The van der Waals surface area contributed by atoms with Crippen LogP contribution in [0.15, 0.2) is 54.6 Å². The predicted octanol–water partition coefficient (Wildman–Crippen LogP) is 4.45. The fourth-order valence-corrected chi connectivity index (χ4v) is 3.61. The van der Waals surface area contributed by atoms with E-state index in [1.54, 1.807) is 7.11 Å². The third kappa shape index (κ3) is 4.83. The Labute approximate surface area is 168 Å². The molecule has 0 amide bonds. The van der Waals surface area contributed by atoms with Gasteiger partial charge in [-0.1, -0.05) is 24.3 Å². The number of ether oxygens (including phenoxy) is 1. The Morgan fingerprint density at radius 3 is 2.14 bits per heavy atom. The van der Waals surface area contributed by atoms with E-state index in [1.807, 2.05) is 12.1 Å². The molecule has 4 heteroatoms. The van der Waals surface area contributed by atoms with Crippen molar-refractivity contribution in [1.82, 2.24) is 14.8 Å². The minimum Gasteiger partial charge on any atom is -0.497 e. The van der Waals surface area contributed by atoms with Gasteiger partial charge in [-0.3, -0.25) is 0 Å². The summed E-state index contributed by atoms with van der Waals surface area (Å²) in [5, 5.41) is 3.59. The van der Waals surface area contributed by atoms with Crippen LogP contribution < -0.4 is 10.1 Å². The molecular weight excluding hydrogens is 346 g/mol. The highest BCUT2D eigenvalue weighted by molar-refractivity contribution is 5.43. The third-order valence-corrected chi connectivity index (χ3v) is 5.03. The first-order valence-corrected chi connectivity index (χ1v) is 9.73. The molecule has 1 heterocycles. The summed E-state index contributed by atoms with van der Waals surface area (Å²) in [5.41, 5.74) is 7.67. The van der Waals surface area contributed by atoms with Gasteiger partial charge in [0.25, 0.3) is 0 Å². The lowest BCUT2D eigenvalue weighted by atomic mass is 10.1. The van der Waals surface area contributed by atoms with Crippen molar-refractivity contribution in [2.24, 2.45) is 0 Å². The van der Waals surface area contributed by atoms with Gasteiger partial charge in [-0.05, 0) is 75.0 Å². The lowest BCUT2D eigenvalue weighted by molar-refractivity contribution is 0.402. The van der Waals surface area contributed by atoms with Gasteiger partial charge in [-0.25, -0.2) is 0 Å². The molecule has 3 aromatic rings. The molecule has 0 aliphatic carbocycles. The maximum Gasteiger partial charge on any atom is 0.119 e. The fourth-order valence-electron chi connectivity index (χ4n) is 3.61. The van der Waals surface area contributed by atoms with Gasteiger partial charge in [0.05, 0.1) is 7.11 Å². The Morgan fingerprint density at radius 2 is 1.54 bits per heavy atom. The lowest BCUT2D eigenvalue weighted by Crippen LogP contribution is -2.14. The van der Waals surface area contributed by atoms with E-state index in [9.17, 15) is 0 Å². The smallest absolute Gasteiger partial charge is 0.119 e. The van der Waals surface area contributed by atoms with Crippen molar-refractivity contribution in [3.63, 3.8) is 0 Å². The maximum atomic E-state index is 5.27. The van der Waals surface area contributed by atoms with E-state index in [1.165, 1.54) is 33.8 Å². The summed E-state index contributed by atoms with van der Waals surface area (Å²) in [4.78, 5) is 2.19. The van der Waals surface area contributed by atoms with Gasteiger partial charge in [0.15, 0.2) is 0 Å². The van der Waals surface area contributed by atoms with Crippen molar-refractivity contribution < 1.29 is 4.74 Å². The molecule has 0 bridgehead atoms. The lowest BCUT2D eigenvalue weighted by Gasteiger charge is -2.12. The van der Waals surface area contributed by atoms with Gasteiger partial charge in [0.1, 0.15) is 5.75 Å². The van der Waals surface area contributed by atoms with E-state index in [0.717, 1.165) is 25.4 Å². The van der Waals surface area contributed by atoms with Crippen LogP contribution in [-0.2, 0) is 19.6 Å². The van der Waals surface area contributed by atoms with Crippen molar-refractivity contribution in [2.75, 3.05) is 21.2 Å². The van der Waals surface area contributed by atoms with Crippen molar-refractivity contribution in [1.29, 1.82) is 0 Å². The minimum atomic E-state index is 0.856. The molecule has 3 rings (SSSR count). The molecule has 0 saturated carbocycles. The summed E-state index contributed by atoms with van der Waals surface area (Å²) < 4.78 is 7.57. The summed E-state index contributed by atoms with van der Waals surface area (Å²) in [6, 6.07) is 19.3. The highest BCUT2D eigenvalue weighted by Gasteiger charge is 2.10. The number of aryl methyl sites for hydroxylation is 1. The molecule has 2 aromatic carbocycles. The molecule has 0 fully saturated rings. The van der Waals surface area contributed by atoms with Crippen molar-refractivity contribution in [2.45, 2.75) is 33.5 Å². The Morgan fingerprint density at radius 1 is 0.893 bits per heavy atom. The molecule has 28 heavy (non-hydrogen) atoms. The summed E-state index contributed by atoms with van der Waals surface area (Å²) in [6.45, 7) is 7.04. The second-order valence-corrected chi connectivity index (χ2v) is 7.59. The van der Waals surface area contributed by atoms with Crippen LogP contribution in [0.1, 0.15) is 28.1 Å². The van der Waals surface area contributed by atoms with E-state index in [-0.39, 0.29) is 0 Å². The fraction of sp³-hybridized carbons (Fsp3) is 0.333. The molecule has 0 aliphatic rings. The number of methoxy groups -OCH3 is 1. The monoisotopic (exact) mass is 377 g/mol. The van der Waals surface area contributed by atoms with Crippen LogP contribution in [0.3, 0.4) is 0 Å². The Kier molecular flexibility index (Phi) is 6.55. The van der Waals surface area contributed by atoms with E-state index < -0.39 is 0 Å². The average molecular weight is 378 g/mol. The number of hydrogen-bond donors (Lipinski definition) is 1. The first kappa shape index (κ1) is 20.2. The predicted molar refractivity (Wildman–Crippen MR) is 116 cm³/mol. The van der Waals surface area contributed by atoms with Gasteiger partial charge in [-0.15, -0.1) is 0 Å². The number of nitrogens with zero attached hydrogens (tertiary/aromatic N) is 2. The molecule has 1 aromatic heterocycles. The highest BCUT2D eigenvalue weighted by Crippen LogP contribution is 2.22. The highest BCUT2D eigenvalue weighted by atomic mass is 16.5. The number of benzene rings is 2. The number of hydrogen-bond acceptors (Lipinski definition) is 3. The maximum absolute atomic E-state index is 5.27. The molecule has 0 saturated heterocycles. The van der Waals surface area contributed by atoms with Gasteiger partial charge in [0, 0.05) is 36.7 Å². The second kappa shape index (κ2) is 9.09. The molecule has 4 nitrogen and oxygen atoms in total. The number of aromatic nitrogens is 1. The molecular formula is C24H31N3O. The second-order valence-electron chi connectivity index (χ2n) is 7.59. The van der Waals surface area contributed by atoms with Crippen LogP contribution in [0.5, 0.6) is 5.75 Å². The van der Waals surface area contributed by atoms with Crippen LogP contribution in [0.25, 0.3) is 5.69 Å². The zero-order valence-corrected chi connectivity index (χ0v) is 17.6. The SMILES string of the molecule is COc1ccc(-n2c(C)cc(CNCc3ccc(CN(C)C)cc3)c2C)cc1. The summed E-state index contributed by atoms with van der Waals surface area (Å²) in [7, 11) is 5.89. The summed E-state index contributed by atoms with van der Waals surface area (Å²) in [6.07, 6.45) is 0. The topological polar surface area (TPSA) is 29.4 Å². The quantitative estimate of drug-likeness (QED) is 0.629. The van der Waals surface area contributed by atoms with E-state index >= 15 is 0 Å². The number of rotatable bonds is 8. The van der Waals surface area contributed by atoms with Gasteiger partial charge in [0.2, 0.25) is 0 Å². The van der Waals surface area contributed by atoms with E-state index in [2.05, 4.69) is 85.2 Å². The van der Waals surface area contributed by atoms with Crippen LogP contribution in [0, 0.1) is 13.8 Å². The Balaban J connectivity index is 1.63. The Hall–Kier alpha value is -2.56. The molecule has 1 N–H and O–H groups in total. The summed E-state index contributed by atoms with van der Waals surface area (Å²) >= 11 is 0. The van der Waals surface area contributed by atoms with Crippen LogP contribution >= 0.6 is 0 Å². The normalized spacial score (nSPS) is 11.2. The van der Waals surface area contributed by atoms with Crippen molar-refractivity contribution in [3.8, 4) is 11.4 Å². The average Bonchev–Trinajstić information content (AvgIpc) is 2.96. The van der Waals surface area contributed by atoms with Gasteiger partial charge >= 0.3 is 0 Å². The van der Waals surface area contributed by atoms with Crippen LogP contribution in [0.2, 0.25) is 0 Å². The number of nitrogens with one attached hydrogen (secondary N) is 1. The molecule has 0 atom stereocenters. The molecule has 0 spiro atoms. The van der Waals surface area contributed by atoms with Crippen LogP contribution in [-0.4, -0.2) is 30.7 Å². The van der Waals surface area contributed by atoms with Gasteiger partial charge in [-0.2, -0.15) is 0 Å². The Bertz CT molecular complexity index is 893. The molecule has 0 radical (unpaired) electrons. The zero-order chi connectivity index (χ0) is 20.1. The third-order valence-electron chi connectivity index (χ3n) is 5.03. The van der Waals surface area contributed by atoms with Crippen molar-refractivity contribution >= 4 is 0 Å². The zero-order valence-electron chi connectivity index (χ0n) is 17.6. The first-order chi connectivity index (χ1) is 13.5.